The van der Waals surface area contributed by atoms with E-state index in [2.05, 4.69) is 10.5 Å². The number of aryl methyl sites for hydroxylation is 1. The van der Waals surface area contributed by atoms with Crippen LogP contribution in [0, 0.1) is 12.8 Å². The zero-order valence-electron chi connectivity index (χ0n) is 17.2. The fourth-order valence-corrected chi connectivity index (χ4v) is 5.81. The summed E-state index contributed by atoms with van der Waals surface area (Å²) in [7, 11) is -2.22. The summed E-state index contributed by atoms with van der Waals surface area (Å²) in [4.78, 5) is 13.5. The molecule has 1 N–H and O–H groups in total. The molecule has 1 amide bonds. The Morgan fingerprint density at radius 1 is 1.47 bits per heavy atom. The van der Waals surface area contributed by atoms with Crippen LogP contribution in [0.15, 0.2) is 26.9 Å². The van der Waals surface area contributed by atoms with Crippen molar-refractivity contribution in [1.82, 2.24) is 14.8 Å². The molecule has 2 aromatic heterocycles. The van der Waals surface area contributed by atoms with E-state index in [9.17, 15) is 13.2 Å². The molecule has 0 saturated carbocycles. The van der Waals surface area contributed by atoms with E-state index in [0.29, 0.717) is 38.2 Å². The molecule has 0 radical (unpaired) electrons. The lowest BCUT2D eigenvalue weighted by Crippen LogP contribution is -2.45. The molecule has 3 heterocycles. The van der Waals surface area contributed by atoms with Crippen molar-refractivity contribution in [3.8, 4) is 0 Å². The number of hydrogen-bond acceptors (Lipinski definition) is 7. The lowest BCUT2D eigenvalue weighted by atomic mass is 9.99. The molecule has 1 unspecified atom stereocenters. The van der Waals surface area contributed by atoms with Crippen LogP contribution in [0.25, 0.3) is 12.2 Å². The third kappa shape index (κ3) is 5.37. The number of thiophene rings is 1. The number of methoxy groups -OCH3 is 1. The molecule has 1 saturated heterocycles. The standard InChI is InChI=1S/C20H27N3O5S2/c1-15-19(18(28-22-15)9-8-17-7-4-13-29-17)30(25,26)23-11-3-6-16(14-23)20(24)21-10-5-12-27-2/h4,7-9,13,16H,3,5-6,10-12,14H2,1-2H3,(H,21,24)/b9-8+. The molecule has 2 aromatic rings. The second kappa shape index (κ2) is 10.3. The van der Waals surface area contributed by atoms with Gasteiger partial charge in [0.1, 0.15) is 5.69 Å². The van der Waals surface area contributed by atoms with E-state index in [4.69, 9.17) is 9.26 Å². The predicted molar refractivity (Wildman–Crippen MR) is 115 cm³/mol. The van der Waals surface area contributed by atoms with Crippen molar-refractivity contribution in [2.45, 2.75) is 31.1 Å². The van der Waals surface area contributed by atoms with Gasteiger partial charge in [-0.1, -0.05) is 11.2 Å². The molecule has 30 heavy (non-hydrogen) atoms. The number of nitrogens with one attached hydrogen (secondary N) is 1. The highest BCUT2D eigenvalue weighted by Crippen LogP contribution is 2.29. The Bertz CT molecular complexity index is 967. The minimum Gasteiger partial charge on any atom is -0.385 e. The number of hydrogen-bond donors (Lipinski definition) is 1. The normalized spacial score (nSPS) is 18.1. The van der Waals surface area contributed by atoms with E-state index in [1.54, 1.807) is 37.5 Å². The van der Waals surface area contributed by atoms with Gasteiger partial charge >= 0.3 is 0 Å². The lowest BCUT2D eigenvalue weighted by molar-refractivity contribution is -0.126. The highest BCUT2D eigenvalue weighted by atomic mass is 32.2. The van der Waals surface area contributed by atoms with Crippen LogP contribution in [-0.2, 0) is 19.6 Å². The SMILES string of the molecule is COCCCNC(=O)C1CCCN(S(=O)(=O)c2c(C)noc2/C=C/c2cccs2)C1. The number of nitrogens with zero attached hydrogens (tertiary/aromatic N) is 2. The maximum Gasteiger partial charge on any atom is 0.248 e. The zero-order valence-corrected chi connectivity index (χ0v) is 18.8. The first-order chi connectivity index (χ1) is 14.4. The van der Waals surface area contributed by atoms with Gasteiger partial charge in [0.25, 0.3) is 0 Å². The average Bonchev–Trinajstić information content (AvgIpc) is 3.39. The summed E-state index contributed by atoms with van der Waals surface area (Å²) >= 11 is 1.54. The van der Waals surface area contributed by atoms with Crippen LogP contribution in [-0.4, -0.2) is 57.1 Å². The van der Waals surface area contributed by atoms with E-state index < -0.39 is 10.0 Å². The third-order valence-corrected chi connectivity index (χ3v) is 7.81. The first-order valence-corrected chi connectivity index (χ1v) is 12.2. The molecule has 1 fully saturated rings. The molecule has 1 aliphatic rings. The van der Waals surface area contributed by atoms with Gasteiger partial charge in [-0.2, -0.15) is 4.31 Å². The molecule has 1 atom stereocenters. The fourth-order valence-electron chi connectivity index (χ4n) is 3.42. The fraction of sp³-hybridized carbons (Fsp3) is 0.500. The van der Waals surface area contributed by atoms with Gasteiger partial charge in [0, 0.05) is 38.2 Å². The molecule has 0 bridgehead atoms. The summed E-state index contributed by atoms with van der Waals surface area (Å²) in [6, 6.07) is 3.85. The van der Waals surface area contributed by atoms with Gasteiger partial charge in [-0.05, 0) is 49.8 Å². The number of carbonyl (C=O) groups is 1. The second-order valence-corrected chi connectivity index (χ2v) is 10.0. The second-order valence-electron chi connectivity index (χ2n) is 7.15. The molecule has 1 aliphatic heterocycles. The molecule has 0 aliphatic carbocycles. The topological polar surface area (TPSA) is 102 Å². The van der Waals surface area contributed by atoms with Crippen LogP contribution in [0.2, 0.25) is 0 Å². The van der Waals surface area contributed by atoms with Crippen molar-refractivity contribution >= 4 is 39.4 Å². The van der Waals surface area contributed by atoms with Crippen molar-refractivity contribution < 1.29 is 22.5 Å². The molecular weight excluding hydrogens is 426 g/mol. The minimum absolute atomic E-state index is 0.0662. The Kier molecular flexibility index (Phi) is 7.81. The van der Waals surface area contributed by atoms with E-state index >= 15 is 0 Å². The molecule has 3 rings (SSSR count). The minimum atomic E-state index is -3.84. The first kappa shape index (κ1) is 22.7. The molecule has 10 heteroatoms. The summed E-state index contributed by atoms with van der Waals surface area (Å²) in [5, 5.41) is 8.68. The van der Waals surface area contributed by atoms with E-state index in [0.717, 1.165) is 11.3 Å². The van der Waals surface area contributed by atoms with Crippen LogP contribution in [0.3, 0.4) is 0 Å². The summed E-state index contributed by atoms with van der Waals surface area (Å²) in [5.74, 6) is -0.292. The van der Waals surface area contributed by atoms with Crippen LogP contribution < -0.4 is 5.32 Å². The van der Waals surface area contributed by atoms with Crippen molar-refractivity contribution in [2.75, 3.05) is 33.4 Å². The van der Waals surface area contributed by atoms with Crippen LogP contribution in [0.5, 0.6) is 0 Å². The Morgan fingerprint density at radius 3 is 3.03 bits per heavy atom. The molecular formula is C20H27N3O5S2. The largest absolute Gasteiger partial charge is 0.385 e. The monoisotopic (exact) mass is 453 g/mol. The van der Waals surface area contributed by atoms with Gasteiger partial charge in [-0.25, -0.2) is 8.42 Å². The Morgan fingerprint density at radius 2 is 2.30 bits per heavy atom. The van der Waals surface area contributed by atoms with Crippen molar-refractivity contribution in [3.63, 3.8) is 0 Å². The van der Waals surface area contributed by atoms with Gasteiger partial charge in [0.05, 0.1) is 5.92 Å². The summed E-state index contributed by atoms with van der Waals surface area (Å²) in [6.45, 7) is 3.22. The number of amides is 1. The van der Waals surface area contributed by atoms with Gasteiger partial charge in [0.2, 0.25) is 15.9 Å². The van der Waals surface area contributed by atoms with Gasteiger partial charge < -0.3 is 14.6 Å². The Labute approximate surface area is 180 Å². The number of rotatable bonds is 9. The third-order valence-electron chi connectivity index (χ3n) is 4.95. The quantitative estimate of drug-likeness (QED) is 0.586. The molecule has 164 valence electrons. The van der Waals surface area contributed by atoms with Crippen LogP contribution in [0.1, 0.15) is 35.6 Å². The first-order valence-electron chi connectivity index (χ1n) is 9.88. The molecule has 8 nitrogen and oxygen atoms in total. The Hall–Kier alpha value is -2.01. The summed E-state index contributed by atoms with van der Waals surface area (Å²) < 4.78 is 38.4. The van der Waals surface area contributed by atoms with Crippen molar-refractivity contribution in [1.29, 1.82) is 0 Å². The number of piperidine rings is 1. The average molecular weight is 454 g/mol. The van der Waals surface area contributed by atoms with E-state index in [1.807, 2.05) is 17.5 Å². The van der Waals surface area contributed by atoms with Gasteiger partial charge in [0.15, 0.2) is 10.7 Å². The zero-order chi connectivity index (χ0) is 21.6. The maximum atomic E-state index is 13.4. The Balaban J connectivity index is 1.73. The summed E-state index contributed by atoms with van der Waals surface area (Å²) in [6.07, 6.45) is 5.44. The van der Waals surface area contributed by atoms with E-state index in [-0.39, 0.29) is 29.0 Å². The lowest BCUT2D eigenvalue weighted by Gasteiger charge is -2.31. The summed E-state index contributed by atoms with van der Waals surface area (Å²) in [5.41, 5.74) is 0.312. The highest BCUT2D eigenvalue weighted by molar-refractivity contribution is 7.89. The van der Waals surface area contributed by atoms with Crippen LogP contribution >= 0.6 is 11.3 Å². The van der Waals surface area contributed by atoms with Crippen LogP contribution in [0.4, 0.5) is 0 Å². The number of carbonyl (C=O) groups excluding carboxylic acids is 1. The predicted octanol–water partition coefficient (Wildman–Crippen LogP) is 2.77. The highest BCUT2D eigenvalue weighted by Gasteiger charge is 2.36. The molecule has 0 spiro atoms. The smallest absolute Gasteiger partial charge is 0.248 e. The number of ether oxygens (including phenoxy) is 1. The van der Waals surface area contributed by atoms with Crippen molar-refractivity contribution in [3.05, 3.63) is 33.8 Å². The van der Waals surface area contributed by atoms with Gasteiger partial charge in [-0.15, -0.1) is 11.3 Å². The molecule has 0 aromatic carbocycles. The van der Waals surface area contributed by atoms with Gasteiger partial charge in [-0.3, -0.25) is 4.79 Å². The number of sulfonamides is 1. The number of aromatic nitrogens is 1. The maximum absolute atomic E-state index is 13.4. The van der Waals surface area contributed by atoms with Crippen molar-refractivity contribution in [2.24, 2.45) is 5.92 Å². The van der Waals surface area contributed by atoms with E-state index in [1.165, 1.54) is 4.31 Å².